The summed E-state index contributed by atoms with van der Waals surface area (Å²) in [6.45, 7) is 3.87. The van der Waals surface area contributed by atoms with E-state index in [4.69, 9.17) is 4.74 Å². The number of nitrogens with one attached hydrogen (secondary N) is 2. The van der Waals surface area contributed by atoms with Gasteiger partial charge in [0.1, 0.15) is 5.75 Å². The van der Waals surface area contributed by atoms with Crippen LogP contribution in [0.1, 0.15) is 102 Å². The van der Waals surface area contributed by atoms with Crippen molar-refractivity contribution in [3.8, 4) is 5.75 Å². The molecule has 1 aliphatic rings. The Hall–Kier alpha value is -2.60. The largest absolute Gasteiger partial charge is 0.494 e. The SMILES string of the molecule is CCCCCCCCCCCCCCCCOc1cccc(NC(=O)Nc2ccc(CN3C=CSC3)cc2)c1. The predicted octanol–water partition coefficient (Wildman–Crippen LogP) is 10.2. The molecule has 0 bridgehead atoms. The minimum absolute atomic E-state index is 0.259. The third-order valence-electron chi connectivity index (χ3n) is 7.06. The molecule has 6 heteroatoms. The van der Waals surface area contributed by atoms with E-state index >= 15 is 0 Å². The molecule has 0 saturated heterocycles. The summed E-state index contributed by atoms with van der Waals surface area (Å²) in [6.07, 6.45) is 21.0. The molecule has 0 spiro atoms. The fourth-order valence-corrected chi connectivity index (χ4v) is 5.49. The molecule has 1 heterocycles. The first-order chi connectivity index (χ1) is 19.2. The van der Waals surface area contributed by atoms with Crippen molar-refractivity contribution in [2.45, 2.75) is 103 Å². The van der Waals surface area contributed by atoms with Crippen LogP contribution in [0.4, 0.5) is 16.2 Å². The number of amides is 2. The zero-order valence-electron chi connectivity index (χ0n) is 24.0. The molecule has 0 radical (unpaired) electrons. The first-order valence-corrected chi connectivity index (χ1v) is 16.2. The van der Waals surface area contributed by atoms with Gasteiger partial charge >= 0.3 is 6.03 Å². The summed E-state index contributed by atoms with van der Waals surface area (Å²) in [7, 11) is 0. The van der Waals surface area contributed by atoms with E-state index in [0.717, 1.165) is 36.0 Å². The number of rotatable bonds is 20. The molecule has 2 aromatic carbocycles. The van der Waals surface area contributed by atoms with Gasteiger partial charge in [-0.15, -0.1) is 11.8 Å². The Bertz CT molecular complexity index is 964. The van der Waals surface area contributed by atoms with Crippen LogP contribution in [0.5, 0.6) is 5.75 Å². The van der Waals surface area contributed by atoms with Gasteiger partial charge in [-0.05, 0) is 41.7 Å². The Morgan fingerprint density at radius 2 is 1.41 bits per heavy atom. The number of thioether (sulfide) groups is 1. The third kappa shape index (κ3) is 13.8. The minimum Gasteiger partial charge on any atom is -0.494 e. The Morgan fingerprint density at radius 1 is 0.795 bits per heavy atom. The molecule has 0 fully saturated rings. The molecule has 2 N–H and O–H groups in total. The number of carbonyl (C=O) groups excluding carboxylic acids is 1. The van der Waals surface area contributed by atoms with Crippen molar-refractivity contribution in [2.24, 2.45) is 0 Å². The molecule has 0 saturated carbocycles. The van der Waals surface area contributed by atoms with Crippen LogP contribution in [-0.2, 0) is 6.54 Å². The van der Waals surface area contributed by atoms with Gasteiger partial charge in [0.15, 0.2) is 0 Å². The molecule has 1 aliphatic heterocycles. The lowest BCUT2D eigenvalue weighted by Crippen LogP contribution is -2.19. The van der Waals surface area contributed by atoms with Crippen LogP contribution in [0.15, 0.2) is 60.1 Å². The second-order valence-corrected chi connectivity index (χ2v) is 11.4. The van der Waals surface area contributed by atoms with Gasteiger partial charge in [0.05, 0.1) is 12.5 Å². The molecular weight excluding hydrogens is 502 g/mol. The van der Waals surface area contributed by atoms with Crippen LogP contribution in [0.3, 0.4) is 0 Å². The number of anilines is 2. The van der Waals surface area contributed by atoms with Crippen LogP contribution in [0, 0.1) is 0 Å². The Labute approximate surface area is 241 Å². The summed E-state index contributed by atoms with van der Waals surface area (Å²) < 4.78 is 5.94. The van der Waals surface area contributed by atoms with E-state index in [2.05, 4.69) is 46.2 Å². The van der Waals surface area contributed by atoms with Crippen LogP contribution < -0.4 is 15.4 Å². The summed E-state index contributed by atoms with van der Waals surface area (Å²) >= 11 is 1.80. The summed E-state index contributed by atoms with van der Waals surface area (Å²) in [4.78, 5) is 14.7. The molecule has 39 heavy (non-hydrogen) atoms. The highest BCUT2D eigenvalue weighted by Crippen LogP contribution is 2.21. The van der Waals surface area contributed by atoms with Gasteiger partial charge in [0.25, 0.3) is 0 Å². The third-order valence-corrected chi connectivity index (χ3v) is 7.86. The number of ether oxygens (including phenoxy) is 1. The fraction of sp³-hybridized carbons (Fsp3) is 0.545. The lowest BCUT2D eigenvalue weighted by atomic mass is 10.0. The van der Waals surface area contributed by atoms with Gasteiger partial charge < -0.3 is 20.3 Å². The molecule has 5 nitrogen and oxygen atoms in total. The first-order valence-electron chi connectivity index (χ1n) is 15.1. The molecule has 0 atom stereocenters. The normalized spacial score (nSPS) is 12.6. The Morgan fingerprint density at radius 3 is 2.03 bits per heavy atom. The molecule has 214 valence electrons. The number of nitrogens with zero attached hydrogens (tertiary/aromatic N) is 1. The first kappa shape index (κ1) is 30.9. The van der Waals surface area contributed by atoms with Crippen LogP contribution >= 0.6 is 11.8 Å². The summed E-state index contributed by atoms with van der Waals surface area (Å²) in [5.41, 5.74) is 2.71. The zero-order valence-corrected chi connectivity index (χ0v) is 24.8. The van der Waals surface area contributed by atoms with E-state index in [1.807, 2.05) is 36.4 Å². The lowest BCUT2D eigenvalue weighted by Gasteiger charge is -2.15. The Kier molecular flexibility index (Phi) is 15.4. The lowest BCUT2D eigenvalue weighted by molar-refractivity contribution is 0.262. The number of carbonyl (C=O) groups is 1. The van der Waals surface area contributed by atoms with Gasteiger partial charge in [-0.3, -0.25) is 0 Å². The quantitative estimate of drug-likeness (QED) is 0.161. The zero-order chi connectivity index (χ0) is 27.4. The van der Waals surface area contributed by atoms with Gasteiger partial charge in [-0.2, -0.15) is 0 Å². The highest BCUT2D eigenvalue weighted by Gasteiger charge is 2.07. The standard InChI is InChI=1S/C33H49N3O2S/c1-2-3-4-5-6-7-8-9-10-11-12-13-14-15-24-38-32-18-16-17-31(26-32)35-33(37)34-30-21-19-29(20-22-30)27-36-23-25-39-28-36/h16-23,25-26H,2-15,24,27-28H2,1H3,(H2,34,35,37). The van der Waals surface area contributed by atoms with Crippen molar-refractivity contribution in [3.63, 3.8) is 0 Å². The van der Waals surface area contributed by atoms with Gasteiger partial charge in [-0.1, -0.05) is 109 Å². The summed E-state index contributed by atoms with van der Waals surface area (Å²) in [6, 6.07) is 15.4. The van der Waals surface area contributed by atoms with Crippen molar-refractivity contribution in [3.05, 3.63) is 65.7 Å². The van der Waals surface area contributed by atoms with Crippen molar-refractivity contribution >= 4 is 29.2 Å². The highest BCUT2D eigenvalue weighted by molar-refractivity contribution is 8.02. The van der Waals surface area contributed by atoms with E-state index < -0.39 is 0 Å². The van der Waals surface area contributed by atoms with Crippen LogP contribution in [-0.4, -0.2) is 23.4 Å². The monoisotopic (exact) mass is 551 g/mol. The molecule has 2 amide bonds. The van der Waals surface area contributed by atoms with Gasteiger partial charge in [0.2, 0.25) is 0 Å². The maximum Gasteiger partial charge on any atom is 0.323 e. The van der Waals surface area contributed by atoms with Gasteiger partial charge in [-0.25, -0.2) is 4.79 Å². The van der Waals surface area contributed by atoms with E-state index in [0.29, 0.717) is 6.61 Å². The minimum atomic E-state index is -0.259. The number of urea groups is 1. The predicted molar refractivity (Wildman–Crippen MR) is 168 cm³/mol. The second-order valence-electron chi connectivity index (χ2n) is 10.6. The molecule has 3 rings (SSSR count). The van der Waals surface area contributed by atoms with E-state index in [1.54, 1.807) is 11.8 Å². The molecular formula is C33H49N3O2S. The summed E-state index contributed by atoms with van der Waals surface area (Å²) in [5, 5.41) is 7.93. The molecule has 0 aromatic heterocycles. The topological polar surface area (TPSA) is 53.6 Å². The maximum atomic E-state index is 12.5. The van der Waals surface area contributed by atoms with E-state index in [1.165, 1.54) is 89.0 Å². The number of unbranched alkanes of at least 4 members (excludes halogenated alkanes) is 13. The average molecular weight is 552 g/mol. The molecule has 0 aliphatic carbocycles. The number of benzene rings is 2. The highest BCUT2D eigenvalue weighted by atomic mass is 32.2. The van der Waals surface area contributed by atoms with E-state index in [-0.39, 0.29) is 6.03 Å². The van der Waals surface area contributed by atoms with Gasteiger partial charge in [0, 0.05) is 30.2 Å². The smallest absolute Gasteiger partial charge is 0.323 e. The molecule has 2 aromatic rings. The van der Waals surface area contributed by atoms with E-state index in [9.17, 15) is 4.79 Å². The van der Waals surface area contributed by atoms with Crippen molar-refractivity contribution in [1.82, 2.24) is 4.90 Å². The second kappa shape index (κ2) is 19.5. The van der Waals surface area contributed by atoms with Crippen LogP contribution in [0.25, 0.3) is 0 Å². The van der Waals surface area contributed by atoms with Crippen LogP contribution in [0.2, 0.25) is 0 Å². The summed E-state index contributed by atoms with van der Waals surface area (Å²) in [5.74, 6) is 1.78. The maximum absolute atomic E-state index is 12.5. The Balaban J connectivity index is 1.21. The van der Waals surface area contributed by atoms with Crippen molar-refractivity contribution < 1.29 is 9.53 Å². The molecule has 0 unspecified atom stereocenters. The number of hydrogen-bond acceptors (Lipinski definition) is 4. The average Bonchev–Trinajstić information content (AvgIpc) is 3.45. The van der Waals surface area contributed by atoms with Crippen molar-refractivity contribution in [1.29, 1.82) is 0 Å². The van der Waals surface area contributed by atoms with Crippen molar-refractivity contribution in [2.75, 3.05) is 23.1 Å². The fourth-order valence-electron chi connectivity index (χ4n) is 4.78. The number of hydrogen-bond donors (Lipinski definition) is 2.